The first kappa shape index (κ1) is 20.0. The predicted molar refractivity (Wildman–Crippen MR) is 121 cm³/mol. The van der Waals surface area contributed by atoms with Gasteiger partial charge in [-0.2, -0.15) is 0 Å². The van der Waals surface area contributed by atoms with Crippen LogP contribution in [0.1, 0.15) is 29.1 Å². The fourth-order valence-electron chi connectivity index (χ4n) is 3.66. The van der Waals surface area contributed by atoms with Crippen molar-refractivity contribution >= 4 is 55.8 Å². The van der Waals surface area contributed by atoms with Gasteiger partial charge in [-0.3, -0.25) is 4.79 Å². The summed E-state index contributed by atoms with van der Waals surface area (Å²) in [5.41, 5.74) is 3.53. The van der Waals surface area contributed by atoms with E-state index >= 15 is 0 Å². The van der Waals surface area contributed by atoms with E-state index in [0.29, 0.717) is 59.4 Å². The van der Waals surface area contributed by atoms with Crippen molar-refractivity contribution < 1.29 is 9.53 Å². The van der Waals surface area contributed by atoms with Gasteiger partial charge in [0.15, 0.2) is 5.82 Å². The zero-order chi connectivity index (χ0) is 21.4. The SMILES string of the molecule is CC(Nc1ncnc2scnc12)c1cc2cccc(Cl)c2c(C(=O)N2CCOCC2)n1. The molecule has 8 nitrogen and oxygen atoms in total. The third kappa shape index (κ3) is 3.80. The van der Waals surface area contributed by atoms with Crippen molar-refractivity contribution in [1.82, 2.24) is 24.8 Å². The summed E-state index contributed by atoms with van der Waals surface area (Å²) in [4.78, 5) is 33.6. The number of hydrogen-bond acceptors (Lipinski definition) is 8. The minimum absolute atomic E-state index is 0.139. The highest BCUT2D eigenvalue weighted by molar-refractivity contribution is 7.16. The van der Waals surface area contributed by atoms with Gasteiger partial charge < -0.3 is 15.0 Å². The minimum Gasteiger partial charge on any atom is -0.378 e. The summed E-state index contributed by atoms with van der Waals surface area (Å²) < 4.78 is 5.39. The van der Waals surface area contributed by atoms with Crippen LogP contribution in [0.3, 0.4) is 0 Å². The number of nitrogens with one attached hydrogen (secondary N) is 1. The number of anilines is 1. The largest absolute Gasteiger partial charge is 0.378 e. The van der Waals surface area contributed by atoms with Crippen LogP contribution >= 0.6 is 22.9 Å². The van der Waals surface area contributed by atoms with Gasteiger partial charge >= 0.3 is 0 Å². The van der Waals surface area contributed by atoms with Crippen molar-refractivity contribution in [2.45, 2.75) is 13.0 Å². The molecular formula is C21H19ClN6O2S. The standard InChI is InChI=1S/C21H19ClN6O2S/c1-12(26-19-18-20(24-10-23-19)31-11-25-18)15-9-13-3-2-4-14(22)16(13)17(27-15)21(29)28-5-7-30-8-6-28/h2-4,9-12H,5-8H2,1H3,(H,23,24,26). The third-order valence-electron chi connectivity index (χ3n) is 5.26. The van der Waals surface area contributed by atoms with Gasteiger partial charge in [0.05, 0.1) is 35.5 Å². The Morgan fingerprint density at radius 1 is 1.26 bits per heavy atom. The van der Waals surface area contributed by atoms with E-state index in [1.165, 1.54) is 17.7 Å². The fraction of sp³-hybridized carbons (Fsp3) is 0.286. The van der Waals surface area contributed by atoms with Crippen LogP contribution in [0.5, 0.6) is 0 Å². The second kappa shape index (κ2) is 8.33. The van der Waals surface area contributed by atoms with Crippen LogP contribution in [0.2, 0.25) is 5.02 Å². The molecule has 3 aromatic heterocycles. The molecule has 0 spiro atoms. The lowest BCUT2D eigenvalue weighted by molar-refractivity contribution is 0.0300. The van der Waals surface area contributed by atoms with E-state index in [9.17, 15) is 4.79 Å². The van der Waals surface area contributed by atoms with E-state index in [-0.39, 0.29) is 11.9 Å². The van der Waals surface area contributed by atoms with E-state index in [1.807, 2.05) is 25.1 Å². The van der Waals surface area contributed by atoms with Crippen molar-refractivity contribution in [3.05, 3.63) is 52.5 Å². The zero-order valence-electron chi connectivity index (χ0n) is 16.7. The number of carbonyl (C=O) groups excluding carboxylic acids is 1. The molecule has 10 heteroatoms. The van der Waals surface area contributed by atoms with E-state index in [4.69, 9.17) is 21.3 Å². The number of halogens is 1. The Hall–Kier alpha value is -2.88. The first-order valence-corrected chi connectivity index (χ1v) is 11.1. The normalized spacial score (nSPS) is 15.4. The molecule has 1 atom stereocenters. The van der Waals surface area contributed by atoms with Crippen LogP contribution in [0, 0.1) is 0 Å². The number of thiazole rings is 1. The van der Waals surface area contributed by atoms with Crippen molar-refractivity contribution in [2.24, 2.45) is 0 Å². The van der Waals surface area contributed by atoms with Crippen molar-refractivity contribution in [1.29, 1.82) is 0 Å². The Morgan fingerprint density at radius 3 is 2.94 bits per heavy atom. The molecule has 0 aliphatic carbocycles. The number of amides is 1. The Morgan fingerprint density at radius 2 is 2.10 bits per heavy atom. The highest BCUT2D eigenvalue weighted by atomic mass is 35.5. The quantitative estimate of drug-likeness (QED) is 0.499. The van der Waals surface area contributed by atoms with Crippen LogP contribution in [0.15, 0.2) is 36.1 Å². The summed E-state index contributed by atoms with van der Waals surface area (Å²) >= 11 is 7.94. The molecule has 4 aromatic rings. The molecule has 0 saturated carbocycles. The Kier molecular flexibility index (Phi) is 5.39. The molecule has 1 aromatic carbocycles. The molecule has 1 unspecified atom stereocenters. The lowest BCUT2D eigenvalue weighted by Gasteiger charge is -2.27. The van der Waals surface area contributed by atoms with Gasteiger partial charge in [-0.25, -0.2) is 19.9 Å². The number of aromatic nitrogens is 4. The van der Waals surface area contributed by atoms with E-state index in [1.54, 1.807) is 16.5 Å². The number of fused-ring (bicyclic) bond motifs is 2. The average molecular weight is 455 g/mol. The lowest BCUT2D eigenvalue weighted by Crippen LogP contribution is -2.41. The Balaban J connectivity index is 1.55. The molecule has 1 N–H and O–H groups in total. The van der Waals surface area contributed by atoms with Crippen LogP contribution in [-0.4, -0.2) is 57.0 Å². The van der Waals surface area contributed by atoms with Gasteiger partial charge in [0.1, 0.15) is 22.4 Å². The molecule has 0 radical (unpaired) electrons. The summed E-state index contributed by atoms with van der Waals surface area (Å²) in [6.45, 7) is 4.08. The second-order valence-corrected chi connectivity index (χ2v) is 8.47. The minimum atomic E-state index is -0.223. The zero-order valence-corrected chi connectivity index (χ0v) is 18.3. The second-order valence-electron chi connectivity index (χ2n) is 7.23. The first-order chi connectivity index (χ1) is 15.1. The highest BCUT2D eigenvalue weighted by Gasteiger charge is 2.25. The van der Waals surface area contributed by atoms with E-state index in [0.717, 1.165) is 10.2 Å². The van der Waals surface area contributed by atoms with Gasteiger partial charge in [0.25, 0.3) is 5.91 Å². The molecule has 0 bridgehead atoms. The van der Waals surface area contributed by atoms with Gasteiger partial charge in [-0.05, 0) is 24.4 Å². The summed E-state index contributed by atoms with van der Waals surface area (Å²) in [6.07, 6.45) is 1.51. The summed E-state index contributed by atoms with van der Waals surface area (Å²) in [6, 6.07) is 7.33. The maximum atomic E-state index is 13.3. The number of rotatable bonds is 4. The van der Waals surface area contributed by atoms with Gasteiger partial charge in [-0.15, -0.1) is 11.3 Å². The molecule has 1 saturated heterocycles. The summed E-state index contributed by atoms with van der Waals surface area (Å²) in [5.74, 6) is 0.493. The average Bonchev–Trinajstić information content (AvgIpc) is 3.28. The van der Waals surface area contributed by atoms with Crippen LogP contribution in [-0.2, 0) is 4.74 Å². The number of pyridine rings is 1. The number of benzene rings is 1. The first-order valence-electron chi connectivity index (χ1n) is 9.89. The smallest absolute Gasteiger partial charge is 0.273 e. The van der Waals surface area contributed by atoms with Crippen molar-refractivity contribution in [3.63, 3.8) is 0 Å². The molecular weight excluding hydrogens is 436 g/mol. The molecule has 1 fully saturated rings. The predicted octanol–water partition coefficient (Wildman–Crippen LogP) is 3.93. The van der Waals surface area contributed by atoms with Gasteiger partial charge in [-0.1, -0.05) is 23.7 Å². The third-order valence-corrected chi connectivity index (χ3v) is 6.31. The molecule has 1 amide bonds. The van der Waals surface area contributed by atoms with Crippen LogP contribution < -0.4 is 5.32 Å². The van der Waals surface area contributed by atoms with E-state index in [2.05, 4.69) is 20.3 Å². The van der Waals surface area contributed by atoms with Crippen molar-refractivity contribution in [2.75, 3.05) is 31.6 Å². The highest BCUT2D eigenvalue weighted by Crippen LogP contribution is 2.31. The number of morpholine rings is 1. The van der Waals surface area contributed by atoms with Gasteiger partial charge in [0.2, 0.25) is 0 Å². The van der Waals surface area contributed by atoms with Crippen LogP contribution in [0.4, 0.5) is 5.82 Å². The topological polar surface area (TPSA) is 93.1 Å². The maximum absolute atomic E-state index is 13.3. The summed E-state index contributed by atoms with van der Waals surface area (Å²) in [7, 11) is 0. The molecule has 5 rings (SSSR count). The molecule has 4 heterocycles. The Labute approximate surface area is 187 Å². The van der Waals surface area contributed by atoms with Crippen molar-refractivity contribution in [3.8, 4) is 0 Å². The number of hydrogen-bond donors (Lipinski definition) is 1. The monoisotopic (exact) mass is 454 g/mol. The van der Waals surface area contributed by atoms with Gasteiger partial charge in [0, 0.05) is 18.5 Å². The lowest BCUT2D eigenvalue weighted by atomic mass is 10.0. The molecule has 31 heavy (non-hydrogen) atoms. The fourth-order valence-corrected chi connectivity index (χ4v) is 4.56. The van der Waals surface area contributed by atoms with E-state index < -0.39 is 0 Å². The molecule has 1 aliphatic rings. The number of ether oxygens (including phenoxy) is 1. The Bertz CT molecular complexity index is 1270. The summed E-state index contributed by atoms with van der Waals surface area (Å²) in [5, 5.41) is 5.41. The number of carbonyl (C=O) groups is 1. The molecule has 158 valence electrons. The molecule has 1 aliphatic heterocycles. The number of nitrogens with zero attached hydrogens (tertiary/aromatic N) is 5. The maximum Gasteiger partial charge on any atom is 0.273 e. The van der Waals surface area contributed by atoms with Crippen LogP contribution in [0.25, 0.3) is 21.1 Å².